The normalized spacial score (nSPS) is 19.6. The van der Waals surface area contributed by atoms with Crippen molar-refractivity contribution in [3.8, 4) is 22.3 Å². The maximum Gasteiger partial charge on any atom is 0.514 e. The number of nitrogens with zero attached hydrogens (tertiary/aromatic N) is 1. The van der Waals surface area contributed by atoms with Crippen molar-refractivity contribution in [1.29, 1.82) is 0 Å². The van der Waals surface area contributed by atoms with E-state index in [2.05, 4.69) is 97.3 Å². The lowest BCUT2D eigenvalue weighted by molar-refractivity contribution is 0.00578. The van der Waals surface area contributed by atoms with Crippen LogP contribution in [0.4, 0.5) is 0 Å². The fraction of sp³-hybridized carbons (Fsp3) is 0.393. The molecule has 0 spiro atoms. The quantitative estimate of drug-likeness (QED) is 0.372. The number of aromatic nitrogens is 1. The molecule has 33 heavy (non-hydrogen) atoms. The molecule has 3 aromatic rings. The lowest BCUT2D eigenvalue weighted by atomic mass is 9.81. The summed E-state index contributed by atoms with van der Waals surface area (Å²) < 4.78 is 12.3. The van der Waals surface area contributed by atoms with Crippen molar-refractivity contribution in [1.82, 2.24) is 4.98 Å². The Morgan fingerprint density at radius 3 is 1.88 bits per heavy atom. The van der Waals surface area contributed by atoms with E-state index in [1.54, 1.807) is 0 Å². The Kier molecular flexibility index (Phi) is 5.18. The minimum absolute atomic E-state index is 0.0158. The molecule has 0 unspecified atom stereocenters. The van der Waals surface area contributed by atoms with E-state index < -0.39 is 7.12 Å². The highest BCUT2D eigenvalue weighted by atomic mass is 31.1. The summed E-state index contributed by atoms with van der Waals surface area (Å²) in [6.45, 7) is 17.6. The molecule has 0 saturated carbocycles. The fourth-order valence-corrected chi connectivity index (χ4v) is 5.62. The van der Waals surface area contributed by atoms with Gasteiger partial charge in [0.25, 0.3) is 0 Å². The molecule has 0 N–H and O–H groups in total. The van der Waals surface area contributed by atoms with Crippen molar-refractivity contribution in [3.63, 3.8) is 0 Å². The SMILES string of the molecule is CP(C)c1ccc2c(c1)C(C)(C)c1cc(-c3ccc(B4OC(C)(C)C(C)(C)O4)nc3)ccc1-2. The average Bonchev–Trinajstić information content (AvgIpc) is 3.13. The molecule has 0 atom stereocenters. The van der Waals surface area contributed by atoms with Crippen LogP contribution in [0, 0.1) is 0 Å². The van der Waals surface area contributed by atoms with E-state index in [4.69, 9.17) is 14.3 Å². The van der Waals surface area contributed by atoms with Gasteiger partial charge in [-0.25, -0.2) is 0 Å². The first kappa shape index (κ1) is 22.8. The highest BCUT2D eigenvalue weighted by Crippen LogP contribution is 2.50. The first-order valence-electron chi connectivity index (χ1n) is 11.7. The van der Waals surface area contributed by atoms with Crippen molar-refractivity contribution in [2.75, 3.05) is 13.3 Å². The molecule has 5 rings (SSSR count). The summed E-state index contributed by atoms with van der Waals surface area (Å²) in [6, 6.07) is 18.1. The molecular weight excluding hydrogens is 424 g/mol. The smallest absolute Gasteiger partial charge is 0.398 e. The fourth-order valence-electron chi connectivity index (χ4n) is 4.86. The van der Waals surface area contributed by atoms with Crippen LogP contribution in [0.25, 0.3) is 22.3 Å². The lowest BCUT2D eigenvalue weighted by Gasteiger charge is -2.32. The van der Waals surface area contributed by atoms with Gasteiger partial charge in [0.1, 0.15) is 0 Å². The second-order valence-electron chi connectivity index (χ2n) is 11.1. The Morgan fingerprint density at radius 2 is 1.30 bits per heavy atom. The van der Waals surface area contributed by atoms with Gasteiger partial charge in [0.2, 0.25) is 0 Å². The van der Waals surface area contributed by atoms with Gasteiger partial charge in [-0.15, -0.1) is 0 Å². The molecule has 1 aliphatic heterocycles. The van der Waals surface area contributed by atoms with Crippen LogP contribution < -0.4 is 10.9 Å². The molecule has 170 valence electrons. The standard InChI is InChI=1S/C28H33BNO2P/c1-26(2)23-15-18(9-12-21(23)22-13-11-20(33(7)8)16-24(22)26)19-10-14-25(30-17-19)29-31-27(3,4)28(5,6)32-29/h9-17H,1-8H3. The van der Waals surface area contributed by atoms with Crippen LogP contribution >= 0.6 is 7.92 Å². The molecule has 2 heterocycles. The first-order valence-corrected chi connectivity index (χ1v) is 13.9. The van der Waals surface area contributed by atoms with Crippen LogP contribution in [0.3, 0.4) is 0 Å². The van der Waals surface area contributed by atoms with Crippen LogP contribution in [0.15, 0.2) is 54.7 Å². The molecular formula is C28H33BNO2P. The van der Waals surface area contributed by atoms with E-state index in [1.165, 1.54) is 33.1 Å². The van der Waals surface area contributed by atoms with Gasteiger partial charge in [-0.2, -0.15) is 0 Å². The zero-order valence-electron chi connectivity index (χ0n) is 21.0. The van der Waals surface area contributed by atoms with Gasteiger partial charge in [-0.1, -0.05) is 52.1 Å². The molecule has 0 amide bonds. The molecule has 3 nitrogen and oxygen atoms in total. The van der Waals surface area contributed by atoms with Crippen molar-refractivity contribution >= 4 is 25.9 Å². The first-order chi connectivity index (χ1) is 15.4. The molecule has 1 saturated heterocycles. The Labute approximate surface area is 199 Å². The Bertz CT molecular complexity index is 1220. The highest BCUT2D eigenvalue weighted by Gasteiger charge is 2.52. The number of pyridine rings is 1. The van der Waals surface area contributed by atoms with Crippen molar-refractivity contribution in [2.45, 2.75) is 58.2 Å². The Hall–Kier alpha value is -2.00. The largest absolute Gasteiger partial charge is 0.514 e. The predicted molar refractivity (Wildman–Crippen MR) is 141 cm³/mol. The van der Waals surface area contributed by atoms with E-state index in [0.717, 1.165) is 11.2 Å². The summed E-state index contributed by atoms with van der Waals surface area (Å²) in [4.78, 5) is 4.72. The summed E-state index contributed by atoms with van der Waals surface area (Å²) in [7, 11) is -0.546. The van der Waals surface area contributed by atoms with E-state index in [9.17, 15) is 0 Å². The molecule has 0 radical (unpaired) electrons. The van der Waals surface area contributed by atoms with E-state index in [0.29, 0.717) is 0 Å². The van der Waals surface area contributed by atoms with Crippen molar-refractivity contribution in [2.24, 2.45) is 0 Å². The Morgan fingerprint density at radius 1 is 0.727 bits per heavy atom. The highest BCUT2D eigenvalue weighted by molar-refractivity contribution is 7.64. The maximum absolute atomic E-state index is 6.16. The average molecular weight is 457 g/mol. The summed E-state index contributed by atoms with van der Waals surface area (Å²) in [5, 5.41) is 1.47. The minimum Gasteiger partial charge on any atom is -0.398 e. The number of hydrogen-bond acceptors (Lipinski definition) is 3. The zero-order chi connectivity index (χ0) is 23.8. The van der Waals surface area contributed by atoms with Crippen molar-refractivity contribution < 1.29 is 9.31 Å². The number of hydrogen-bond donors (Lipinski definition) is 0. The third kappa shape index (κ3) is 3.59. The van der Waals surface area contributed by atoms with Gasteiger partial charge in [0, 0.05) is 11.6 Å². The maximum atomic E-state index is 6.16. The van der Waals surface area contributed by atoms with Gasteiger partial charge in [0.05, 0.1) is 16.8 Å². The van der Waals surface area contributed by atoms with Crippen LogP contribution in [0.1, 0.15) is 52.7 Å². The summed E-state index contributed by atoms with van der Waals surface area (Å²) in [6.07, 6.45) is 1.94. The summed E-state index contributed by atoms with van der Waals surface area (Å²) in [5.41, 5.74) is 7.92. The molecule has 1 aromatic heterocycles. The number of fused-ring (bicyclic) bond motifs is 3. The van der Waals surface area contributed by atoms with Gasteiger partial charge in [-0.05, 0) is 97.9 Å². The monoisotopic (exact) mass is 457 g/mol. The second kappa shape index (κ2) is 7.50. The minimum atomic E-state index is -0.436. The Balaban J connectivity index is 1.46. The van der Waals surface area contributed by atoms with Crippen LogP contribution in [-0.4, -0.2) is 36.6 Å². The third-order valence-corrected chi connectivity index (χ3v) is 9.10. The topological polar surface area (TPSA) is 31.4 Å². The van der Waals surface area contributed by atoms with Gasteiger partial charge in [0.15, 0.2) is 0 Å². The van der Waals surface area contributed by atoms with Crippen LogP contribution in [0.5, 0.6) is 0 Å². The molecule has 2 aromatic carbocycles. The van der Waals surface area contributed by atoms with Gasteiger partial charge in [-0.3, -0.25) is 4.98 Å². The lowest BCUT2D eigenvalue weighted by Crippen LogP contribution is -2.41. The molecule has 1 aliphatic carbocycles. The van der Waals surface area contributed by atoms with E-state index in [-0.39, 0.29) is 24.5 Å². The number of rotatable bonds is 3. The van der Waals surface area contributed by atoms with E-state index >= 15 is 0 Å². The molecule has 0 bridgehead atoms. The van der Waals surface area contributed by atoms with Crippen molar-refractivity contribution in [3.05, 3.63) is 65.9 Å². The summed E-state index contributed by atoms with van der Waals surface area (Å²) >= 11 is 0. The van der Waals surface area contributed by atoms with Crippen LogP contribution in [-0.2, 0) is 14.7 Å². The molecule has 5 heteroatoms. The van der Waals surface area contributed by atoms with E-state index in [1.807, 2.05) is 12.3 Å². The molecule has 1 fully saturated rings. The second-order valence-corrected chi connectivity index (χ2v) is 13.4. The van der Waals surface area contributed by atoms with Crippen LogP contribution in [0.2, 0.25) is 0 Å². The summed E-state index contributed by atoms with van der Waals surface area (Å²) in [5.74, 6) is 0. The third-order valence-electron chi connectivity index (χ3n) is 7.79. The number of benzene rings is 2. The predicted octanol–water partition coefficient (Wildman–Crippen LogP) is 5.72. The molecule has 2 aliphatic rings. The van der Waals surface area contributed by atoms with Gasteiger partial charge >= 0.3 is 7.12 Å². The van der Waals surface area contributed by atoms with Gasteiger partial charge < -0.3 is 9.31 Å². The zero-order valence-corrected chi connectivity index (χ0v) is 21.9.